The van der Waals surface area contributed by atoms with Crippen LogP contribution in [0.5, 0.6) is 11.6 Å². The van der Waals surface area contributed by atoms with Crippen LogP contribution in [0.15, 0.2) is 55.4 Å². The lowest BCUT2D eigenvalue weighted by Gasteiger charge is -2.26. The molecule has 6 nitrogen and oxygen atoms in total. The Morgan fingerprint density at radius 3 is 2.42 bits per heavy atom. The van der Waals surface area contributed by atoms with Crippen LogP contribution in [0, 0.1) is 0 Å². The summed E-state index contributed by atoms with van der Waals surface area (Å²) in [5.41, 5.74) is -0.164. The largest absolute Gasteiger partial charge is 0.437 e. The molecule has 0 aromatic carbocycles. The van der Waals surface area contributed by atoms with E-state index in [1.807, 2.05) is 6.92 Å². The van der Waals surface area contributed by atoms with Gasteiger partial charge >= 0.3 is 0 Å². The monoisotopic (exact) mass is 342 g/mol. The molecule has 0 aliphatic rings. The van der Waals surface area contributed by atoms with Crippen LogP contribution in [0.3, 0.4) is 0 Å². The molecule has 7 heteroatoms. The predicted octanol–water partition coefficient (Wildman–Crippen LogP) is 3.36. The fourth-order valence-electron chi connectivity index (χ4n) is 2.27. The van der Waals surface area contributed by atoms with Crippen molar-refractivity contribution in [2.45, 2.75) is 18.9 Å². The number of aliphatic hydroxyl groups is 1. The molecule has 0 saturated heterocycles. The summed E-state index contributed by atoms with van der Waals surface area (Å²) < 4.78 is 5.60. The molecule has 1 N–H and O–H groups in total. The summed E-state index contributed by atoms with van der Waals surface area (Å²) in [6.45, 7) is 1.87. The quantitative estimate of drug-likeness (QED) is 0.765. The van der Waals surface area contributed by atoms with Crippen molar-refractivity contribution < 1.29 is 9.84 Å². The number of hydrogen-bond donors (Lipinski definition) is 1. The summed E-state index contributed by atoms with van der Waals surface area (Å²) in [7, 11) is 0. The van der Waals surface area contributed by atoms with Gasteiger partial charge in [0.25, 0.3) is 0 Å². The molecular weight excluding hydrogens is 328 g/mol. The van der Waals surface area contributed by atoms with Crippen molar-refractivity contribution in [2.24, 2.45) is 0 Å². The van der Waals surface area contributed by atoms with Crippen LogP contribution in [0.4, 0.5) is 0 Å². The first-order valence-electron chi connectivity index (χ1n) is 7.35. The normalized spacial score (nSPS) is 13.3. The van der Waals surface area contributed by atoms with Gasteiger partial charge in [0, 0.05) is 30.2 Å². The summed E-state index contributed by atoms with van der Waals surface area (Å²) in [4.78, 5) is 16.3. The molecule has 1 unspecified atom stereocenters. The van der Waals surface area contributed by atoms with Crippen LogP contribution in [-0.4, -0.2) is 25.0 Å². The highest BCUT2D eigenvalue weighted by atomic mass is 35.5. The lowest BCUT2D eigenvalue weighted by molar-refractivity contribution is 0.0711. The molecule has 0 bridgehead atoms. The predicted molar refractivity (Wildman–Crippen MR) is 88.9 cm³/mol. The highest BCUT2D eigenvalue weighted by molar-refractivity contribution is 6.30. The second-order valence-corrected chi connectivity index (χ2v) is 5.57. The molecule has 0 aliphatic heterocycles. The zero-order valence-corrected chi connectivity index (χ0v) is 13.7. The number of aromatic nitrogens is 4. The Balaban J connectivity index is 1.84. The topological polar surface area (TPSA) is 81.0 Å². The number of halogens is 1. The Morgan fingerprint density at radius 2 is 1.83 bits per heavy atom. The third kappa shape index (κ3) is 3.34. The molecule has 3 heterocycles. The van der Waals surface area contributed by atoms with Crippen molar-refractivity contribution in [2.75, 3.05) is 0 Å². The second-order valence-electron chi connectivity index (χ2n) is 5.14. The molecule has 0 spiro atoms. The van der Waals surface area contributed by atoms with Gasteiger partial charge in [0.05, 0.1) is 16.9 Å². The molecule has 3 aromatic heterocycles. The highest BCUT2D eigenvalue weighted by Gasteiger charge is 2.31. The number of hydrogen-bond acceptors (Lipinski definition) is 6. The smallest absolute Gasteiger partial charge is 0.219 e. The van der Waals surface area contributed by atoms with E-state index < -0.39 is 5.60 Å². The van der Waals surface area contributed by atoms with Crippen LogP contribution in [-0.2, 0) is 5.60 Å². The lowest BCUT2D eigenvalue weighted by atomic mass is 9.89. The van der Waals surface area contributed by atoms with Gasteiger partial charge in [-0.2, -0.15) is 0 Å². The minimum atomic E-state index is -1.25. The first-order chi connectivity index (χ1) is 11.6. The number of pyridine rings is 2. The first kappa shape index (κ1) is 16.3. The molecule has 24 heavy (non-hydrogen) atoms. The van der Waals surface area contributed by atoms with Gasteiger partial charge in [0.15, 0.2) is 0 Å². The zero-order chi connectivity index (χ0) is 17.0. The van der Waals surface area contributed by atoms with Gasteiger partial charge in [-0.3, -0.25) is 4.98 Å². The Bertz CT molecular complexity index is 797. The molecular formula is C17H15ClN4O2. The van der Waals surface area contributed by atoms with E-state index in [1.165, 1.54) is 18.7 Å². The first-order valence-corrected chi connectivity index (χ1v) is 7.73. The van der Waals surface area contributed by atoms with Gasteiger partial charge in [-0.15, -0.1) is 0 Å². The van der Waals surface area contributed by atoms with Crippen LogP contribution in [0.25, 0.3) is 0 Å². The minimum Gasteiger partial charge on any atom is -0.437 e. The van der Waals surface area contributed by atoms with E-state index >= 15 is 0 Å². The number of rotatable bonds is 5. The fraction of sp³-hybridized carbons (Fsp3) is 0.176. The van der Waals surface area contributed by atoms with E-state index in [-0.39, 0.29) is 0 Å². The fourth-order valence-corrected chi connectivity index (χ4v) is 2.39. The van der Waals surface area contributed by atoms with Crippen LogP contribution in [0.1, 0.15) is 24.6 Å². The van der Waals surface area contributed by atoms with Gasteiger partial charge in [-0.1, -0.05) is 18.5 Å². The Morgan fingerprint density at radius 1 is 1.04 bits per heavy atom. The average molecular weight is 343 g/mol. The number of nitrogens with zero attached hydrogens (tertiary/aromatic N) is 4. The molecule has 0 radical (unpaired) electrons. The Kier molecular flexibility index (Phi) is 4.69. The van der Waals surface area contributed by atoms with E-state index in [1.54, 1.807) is 36.7 Å². The van der Waals surface area contributed by atoms with Crippen molar-refractivity contribution >= 4 is 11.6 Å². The van der Waals surface area contributed by atoms with Crippen LogP contribution < -0.4 is 4.74 Å². The van der Waals surface area contributed by atoms with Crippen molar-refractivity contribution in [3.63, 3.8) is 0 Å². The lowest BCUT2D eigenvalue weighted by Crippen LogP contribution is -2.27. The van der Waals surface area contributed by atoms with E-state index in [2.05, 4.69) is 19.9 Å². The standard InChI is InChI=1S/C17H15ClN4O2/c1-2-17(23,12-7-19-11-20-8-12)15-5-4-14(10-21-15)24-16-6-3-13(18)9-22-16/h3-11,23H,2H2,1H3. The zero-order valence-electron chi connectivity index (χ0n) is 12.9. The summed E-state index contributed by atoms with van der Waals surface area (Å²) in [6.07, 6.45) is 8.07. The van der Waals surface area contributed by atoms with Crippen molar-refractivity contribution in [3.8, 4) is 11.6 Å². The van der Waals surface area contributed by atoms with Crippen molar-refractivity contribution in [1.82, 2.24) is 19.9 Å². The third-order valence-corrected chi connectivity index (χ3v) is 3.86. The van der Waals surface area contributed by atoms with E-state index in [9.17, 15) is 5.11 Å². The van der Waals surface area contributed by atoms with Crippen molar-refractivity contribution in [1.29, 1.82) is 0 Å². The summed E-state index contributed by atoms with van der Waals surface area (Å²) >= 11 is 5.79. The molecule has 0 fully saturated rings. The maximum atomic E-state index is 11.0. The molecule has 3 rings (SSSR count). The molecule has 122 valence electrons. The summed E-state index contributed by atoms with van der Waals surface area (Å²) in [5, 5.41) is 11.5. The molecule has 3 aromatic rings. The van der Waals surface area contributed by atoms with Gasteiger partial charge in [-0.05, 0) is 24.6 Å². The van der Waals surface area contributed by atoms with E-state index in [0.717, 1.165) is 0 Å². The Hall–Kier alpha value is -2.57. The van der Waals surface area contributed by atoms with Crippen molar-refractivity contribution in [3.05, 3.63) is 71.7 Å². The molecule has 1 atom stereocenters. The molecule has 0 saturated carbocycles. The molecule has 0 amide bonds. The third-order valence-electron chi connectivity index (χ3n) is 3.63. The van der Waals surface area contributed by atoms with Crippen LogP contribution in [0.2, 0.25) is 5.02 Å². The second kappa shape index (κ2) is 6.90. The number of ether oxygens (including phenoxy) is 1. The van der Waals surface area contributed by atoms with Gasteiger partial charge in [0.1, 0.15) is 17.7 Å². The average Bonchev–Trinajstić information content (AvgIpc) is 2.64. The Labute approximate surface area is 144 Å². The van der Waals surface area contributed by atoms with E-state index in [4.69, 9.17) is 16.3 Å². The van der Waals surface area contributed by atoms with E-state index in [0.29, 0.717) is 34.3 Å². The van der Waals surface area contributed by atoms with Crippen LogP contribution >= 0.6 is 11.6 Å². The minimum absolute atomic E-state index is 0.413. The van der Waals surface area contributed by atoms with Gasteiger partial charge in [0.2, 0.25) is 5.88 Å². The van der Waals surface area contributed by atoms with Gasteiger partial charge < -0.3 is 9.84 Å². The molecule has 0 aliphatic carbocycles. The maximum Gasteiger partial charge on any atom is 0.219 e. The maximum absolute atomic E-state index is 11.0. The summed E-state index contributed by atoms with van der Waals surface area (Å²) in [5.74, 6) is 0.924. The summed E-state index contributed by atoms with van der Waals surface area (Å²) in [6, 6.07) is 6.79. The van der Waals surface area contributed by atoms with Gasteiger partial charge in [-0.25, -0.2) is 15.0 Å². The SMILES string of the molecule is CCC(O)(c1cncnc1)c1ccc(Oc2ccc(Cl)cn2)cn1. The highest BCUT2D eigenvalue weighted by Crippen LogP contribution is 2.31.